The monoisotopic (exact) mass is 353 g/mol. The van der Waals surface area contributed by atoms with Gasteiger partial charge in [-0.1, -0.05) is 50.1 Å². The maximum atomic E-state index is 13.0. The van der Waals surface area contributed by atoms with E-state index >= 15 is 0 Å². The summed E-state index contributed by atoms with van der Waals surface area (Å²) < 4.78 is 1.30. The second kappa shape index (κ2) is 7.44. The molecule has 1 aliphatic rings. The van der Waals surface area contributed by atoms with Crippen molar-refractivity contribution in [1.82, 2.24) is 15.1 Å². The van der Waals surface area contributed by atoms with Gasteiger partial charge in [0, 0.05) is 17.7 Å². The zero-order valence-corrected chi connectivity index (χ0v) is 15.7. The zero-order chi connectivity index (χ0) is 18.7. The van der Waals surface area contributed by atoms with Crippen LogP contribution in [0.25, 0.3) is 11.3 Å². The highest BCUT2D eigenvalue weighted by Gasteiger charge is 2.35. The quantitative estimate of drug-likeness (QED) is 0.917. The van der Waals surface area contributed by atoms with Crippen molar-refractivity contribution in [3.63, 3.8) is 0 Å². The van der Waals surface area contributed by atoms with Crippen LogP contribution in [0.1, 0.15) is 46.5 Å². The molecule has 2 unspecified atom stereocenters. The molecule has 1 aliphatic carbocycles. The number of nitrogens with one attached hydrogen (secondary N) is 1. The number of rotatable bonds is 4. The molecule has 2 atom stereocenters. The first-order chi connectivity index (χ1) is 12.4. The maximum Gasteiger partial charge on any atom is 0.267 e. The summed E-state index contributed by atoms with van der Waals surface area (Å²) in [5.41, 5.74) is 0.260. The molecular weight excluding hydrogens is 326 g/mol. The highest BCUT2D eigenvalue weighted by molar-refractivity contribution is 5.83. The van der Waals surface area contributed by atoms with Gasteiger partial charge in [0.1, 0.15) is 5.54 Å². The Labute approximate surface area is 154 Å². The van der Waals surface area contributed by atoms with E-state index in [-0.39, 0.29) is 17.5 Å². The fourth-order valence-corrected chi connectivity index (χ4v) is 3.55. The maximum absolute atomic E-state index is 13.0. The van der Waals surface area contributed by atoms with Crippen molar-refractivity contribution < 1.29 is 4.79 Å². The summed E-state index contributed by atoms with van der Waals surface area (Å²) >= 11 is 0. The lowest BCUT2D eigenvalue weighted by atomic mass is 9.85. The van der Waals surface area contributed by atoms with Crippen molar-refractivity contribution >= 4 is 5.91 Å². The molecule has 0 aliphatic heterocycles. The predicted octanol–water partition coefficient (Wildman–Crippen LogP) is 3.34. The van der Waals surface area contributed by atoms with Crippen LogP contribution < -0.4 is 10.9 Å². The Hall–Kier alpha value is -2.43. The number of hydrogen-bond acceptors (Lipinski definition) is 3. The van der Waals surface area contributed by atoms with Crippen LogP contribution in [0, 0.1) is 5.92 Å². The van der Waals surface area contributed by atoms with E-state index in [4.69, 9.17) is 0 Å². The summed E-state index contributed by atoms with van der Waals surface area (Å²) in [6.45, 7) is 5.68. The van der Waals surface area contributed by atoms with Gasteiger partial charge >= 0.3 is 0 Å². The van der Waals surface area contributed by atoms with Crippen LogP contribution >= 0.6 is 0 Å². The van der Waals surface area contributed by atoms with Crippen LogP contribution in [0.4, 0.5) is 0 Å². The van der Waals surface area contributed by atoms with Gasteiger partial charge in [0.05, 0.1) is 5.69 Å². The second-order valence-electron chi connectivity index (χ2n) is 7.74. The summed E-state index contributed by atoms with van der Waals surface area (Å²) in [6.07, 6.45) is 4.48. The van der Waals surface area contributed by atoms with Gasteiger partial charge in [-0.3, -0.25) is 9.59 Å². The Kier molecular flexibility index (Phi) is 5.25. The molecule has 26 heavy (non-hydrogen) atoms. The molecule has 5 nitrogen and oxygen atoms in total. The summed E-state index contributed by atoms with van der Waals surface area (Å²) in [6, 6.07) is 13.0. The molecule has 5 heteroatoms. The largest absolute Gasteiger partial charge is 0.351 e. The van der Waals surface area contributed by atoms with Crippen LogP contribution in [-0.2, 0) is 10.3 Å². The van der Waals surface area contributed by atoms with Crippen LogP contribution in [0.3, 0.4) is 0 Å². The third-order valence-corrected chi connectivity index (χ3v) is 5.38. The van der Waals surface area contributed by atoms with Gasteiger partial charge in [0.25, 0.3) is 5.56 Å². The van der Waals surface area contributed by atoms with Crippen molar-refractivity contribution in [3.8, 4) is 11.3 Å². The van der Waals surface area contributed by atoms with Gasteiger partial charge in [0.15, 0.2) is 0 Å². The second-order valence-corrected chi connectivity index (χ2v) is 7.74. The number of hydrogen-bond donors (Lipinski definition) is 1. The normalized spacial score (nSPS) is 20.6. The van der Waals surface area contributed by atoms with Gasteiger partial charge in [0.2, 0.25) is 5.91 Å². The predicted molar refractivity (Wildman–Crippen MR) is 103 cm³/mol. The van der Waals surface area contributed by atoms with Crippen molar-refractivity contribution in [2.75, 3.05) is 0 Å². The van der Waals surface area contributed by atoms with Gasteiger partial charge in [-0.25, -0.2) is 4.68 Å². The molecule has 1 heterocycles. The minimum absolute atomic E-state index is 0.156. The molecule has 0 saturated heterocycles. The van der Waals surface area contributed by atoms with E-state index in [9.17, 15) is 9.59 Å². The third-order valence-electron chi connectivity index (χ3n) is 5.38. The van der Waals surface area contributed by atoms with E-state index in [1.165, 1.54) is 17.2 Å². The molecule has 0 bridgehead atoms. The lowest BCUT2D eigenvalue weighted by molar-refractivity contribution is -0.130. The standard InChI is InChI=1S/C21H27N3O2/c1-15-9-7-8-12-17(15)22-20(26)21(2,3)24-19(25)14-13-18(23-24)16-10-5-4-6-11-16/h4-6,10-11,13-15,17H,7-9,12H2,1-3H3,(H,22,26). The van der Waals surface area contributed by atoms with E-state index in [1.807, 2.05) is 30.3 Å². The molecule has 1 aromatic carbocycles. The third kappa shape index (κ3) is 3.71. The van der Waals surface area contributed by atoms with Crippen molar-refractivity contribution in [2.24, 2.45) is 5.92 Å². The summed E-state index contributed by atoms with van der Waals surface area (Å²) in [4.78, 5) is 25.4. The van der Waals surface area contributed by atoms with E-state index < -0.39 is 5.54 Å². The number of benzene rings is 1. The first-order valence-corrected chi connectivity index (χ1v) is 9.37. The van der Waals surface area contributed by atoms with Crippen molar-refractivity contribution in [3.05, 3.63) is 52.8 Å². The van der Waals surface area contributed by atoms with Crippen LogP contribution in [0.2, 0.25) is 0 Å². The number of carbonyl (C=O) groups excluding carboxylic acids is 1. The van der Waals surface area contributed by atoms with E-state index in [0.29, 0.717) is 11.6 Å². The molecule has 2 aromatic rings. The molecule has 0 spiro atoms. The average Bonchev–Trinajstić information content (AvgIpc) is 2.64. The topological polar surface area (TPSA) is 64.0 Å². The molecule has 0 radical (unpaired) electrons. The fourth-order valence-electron chi connectivity index (χ4n) is 3.55. The highest BCUT2D eigenvalue weighted by Crippen LogP contribution is 2.25. The summed E-state index contributed by atoms with van der Waals surface area (Å²) in [5, 5.41) is 7.65. The lowest BCUT2D eigenvalue weighted by Crippen LogP contribution is -2.53. The van der Waals surface area contributed by atoms with E-state index in [2.05, 4.69) is 17.3 Å². The van der Waals surface area contributed by atoms with Crippen molar-refractivity contribution in [2.45, 2.75) is 58.0 Å². The van der Waals surface area contributed by atoms with Crippen LogP contribution in [0.15, 0.2) is 47.3 Å². The molecular formula is C21H27N3O2. The number of carbonyl (C=O) groups is 1. The zero-order valence-electron chi connectivity index (χ0n) is 15.7. The van der Waals surface area contributed by atoms with Gasteiger partial charge in [-0.15, -0.1) is 0 Å². The Bertz CT molecular complexity index is 827. The lowest BCUT2D eigenvalue weighted by Gasteiger charge is -2.33. The molecule has 3 rings (SSSR count). The number of aromatic nitrogens is 2. The molecule has 1 amide bonds. The Morgan fingerprint density at radius 2 is 1.81 bits per heavy atom. The Morgan fingerprint density at radius 1 is 1.12 bits per heavy atom. The van der Waals surface area contributed by atoms with E-state index in [1.54, 1.807) is 19.9 Å². The summed E-state index contributed by atoms with van der Waals surface area (Å²) in [5.74, 6) is 0.305. The number of nitrogens with zero attached hydrogens (tertiary/aromatic N) is 2. The minimum Gasteiger partial charge on any atom is -0.351 e. The van der Waals surface area contributed by atoms with Gasteiger partial charge < -0.3 is 5.32 Å². The van der Waals surface area contributed by atoms with Crippen LogP contribution in [0.5, 0.6) is 0 Å². The molecule has 1 aromatic heterocycles. The van der Waals surface area contributed by atoms with Crippen LogP contribution in [-0.4, -0.2) is 21.7 Å². The first-order valence-electron chi connectivity index (χ1n) is 9.37. The summed E-state index contributed by atoms with van der Waals surface area (Å²) in [7, 11) is 0. The smallest absolute Gasteiger partial charge is 0.267 e. The Morgan fingerprint density at radius 3 is 2.50 bits per heavy atom. The highest BCUT2D eigenvalue weighted by atomic mass is 16.2. The Balaban J connectivity index is 1.88. The van der Waals surface area contributed by atoms with Gasteiger partial charge in [-0.05, 0) is 38.7 Å². The van der Waals surface area contributed by atoms with E-state index in [0.717, 1.165) is 24.8 Å². The fraction of sp³-hybridized carbons (Fsp3) is 0.476. The molecule has 1 N–H and O–H groups in total. The molecule has 138 valence electrons. The van der Waals surface area contributed by atoms with Crippen molar-refractivity contribution in [1.29, 1.82) is 0 Å². The number of amides is 1. The molecule has 1 fully saturated rings. The first kappa shape index (κ1) is 18.4. The minimum atomic E-state index is -1.06. The molecule has 1 saturated carbocycles. The SMILES string of the molecule is CC1CCCCC1NC(=O)C(C)(C)n1nc(-c2ccccc2)ccc1=O. The average molecular weight is 353 g/mol. The van der Waals surface area contributed by atoms with Gasteiger partial charge in [-0.2, -0.15) is 5.10 Å².